The second-order valence-electron chi connectivity index (χ2n) is 4.72. The molecule has 1 aliphatic heterocycles. The van der Waals surface area contributed by atoms with E-state index < -0.39 is 7.37 Å². The van der Waals surface area contributed by atoms with Gasteiger partial charge in [-0.3, -0.25) is 9.46 Å². The van der Waals surface area contributed by atoms with Crippen molar-refractivity contribution in [2.75, 3.05) is 25.5 Å². The Balaban J connectivity index is 1.79. The van der Waals surface area contributed by atoms with Crippen LogP contribution in [0.3, 0.4) is 0 Å². The minimum atomic E-state index is -3.04. The van der Waals surface area contributed by atoms with Gasteiger partial charge in [0.1, 0.15) is 5.76 Å². The monoisotopic (exact) mass is 257 g/mol. The van der Waals surface area contributed by atoms with Gasteiger partial charge in [0, 0.05) is 12.6 Å². The Labute approximate surface area is 102 Å². The molecular weight excluding hydrogens is 237 g/mol. The fourth-order valence-electron chi connectivity index (χ4n) is 2.22. The Morgan fingerprint density at radius 1 is 1.35 bits per heavy atom. The molecule has 0 aliphatic carbocycles. The van der Waals surface area contributed by atoms with Crippen molar-refractivity contribution < 1.29 is 13.9 Å². The number of likely N-dealkylation sites (tertiary alicyclic amines) is 1. The average molecular weight is 257 g/mol. The van der Waals surface area contributed by atoms with Crippen LogP contribution in [0.1, 0.15) is 25.0 Å². The second-order valence-corrected chi connectivity index (χ2v) is 7.14. The van der Waals surface area contributed by atoms with E-state index in [0.29, 0.717) is 18.9 Å². The molecule has 1 saturated heterocycles. The lowest BCUT2D eigenvalue weighted by Crippen LogP contribution is -2.31. The maximum atomic E-state index is 12.0. The Kier molecular flexibility index (Phi) is 4.43. The first-order chi connectivity index (χ1) is 8.16. The molecule has 0 bridgehead atoms. The van der Waals surface area contributed by atoms with Gasteiger partial charge in [0.25, 0.3) is 0 Å². The number of nitrogens with zero attached hydrogens (tertiary/aromatic N) is 1. The molecule has 17 heavy (non-hydrogen) atoms. The third-order valence-electron chi connectivity index (χ3n) is 3.16. The summed E-state index contributed by atoms with van der Waals surface area (Å²) in [5.74, 6) is 0.790. The standard InChI is InChI=1S/C12H20NO3P/c14-17(15,10-6-12-5-4-9-16-12)11-13-7-2-1-3-8-13/h4-5,9H,1-3,6-8,10-11H2,(H,14,15). The van der Waals surface area contributed by atoms with Crippen LogP contribution < -0.4 is 0 Å². The lowest BCUT2D eigenvalue weighted by molar-refractivity contribution is 0.253. The van der Waals surface area contributed by atoms with Crippen molar-refractivity contribution in [1.29, 1.82) is 0 Å². The first-order valence-corrected chi connectivity index (χ1v) is 8.24. The van der Waals surface area contributed by atoms with Crippen molar-refractivity contribution in [3.63, 3.8) is 0 Å². The molecule has 4 nitrogen and oxygen atoms in total. The predicted octanol–water partition coefficient (Wildman–Crippen LogP) is 2.54. The summed E-state index contributed by atoms with van der Waals surface area (Å²) in [4.78, 5) is 12.1. The van der Waals surface area contributed by atoms with Crippen molar-refractivity contribution >= 4 is 7.37 Å². The van der Waals surface area contributed by atoms with Crippen LogP contribution in [0.2, 0.25) is 0 Å². The molecule has 0 radical (unpaired) electrons. The number of rotatable bonds is 5. The van der Waals surface area contributed by atoms with Crippen LogP contribution in [0.5, 0.6) is 0 Å². The third kappa shape index (κ3) is 4.30. The molecule has 1 N–H and O–H groups in total. The maximum absolute atomic E-state index is 12.0. The highest BCUT2D eigenvalue weighted by Crippen LogP contribution is 2.42. The topological polar surface area (TPSA) is 53.7 Å². The van der Waals surface area contributed by atoms with Crippen molar-refractivity contribution in [2.45, 2.75) is 25.7 Å². The molecule has 1 aromatic rings. The summed E-state index contributed by atoms with van der Waals surface area (Å²) in [6.45, 7) is 1.93. The summed E-state index contributed by atoms with van der Waals surface area (Å²) in [6.07, 6.45) is 6.36. The number of furan rings is 1. The summed E-state index contributed by atoms with van der Waals surface area (Å²) in [6, 6.07) is 3.66. The minimum Gasteiger partial charge on any atom is -0.469 e. The van der Waals surface area contributed by atoms with Crippen molar-refractivity contribution in [3.05, 3.63) is 24.2 Å². The van der Waals surface area contributed by atoms with Crippen LogP contribution in [0.25, 0.3) is 0 Å². The molecule has 0 aromatic carbocycles. The molecule has 0 amide bonds. The van der Waals surface area contributed by atoms with Gasteiger partial charge >= 0.3 is 0 Å². The van der Waals surface area contributed by atoms with E-state index in [0.717, 1.165) is 31.7 Å². The van der Waals surface area contributed by atoms with E-state index in [2.05, 4.69) is 4.90 Å². The van der Waals surface area contributed by atoms with Gasteiger partial charge in [-0.05, 0) is 38.1 Å². The van der Waals surface area contributed by atoms with E-state index in [1.165, 1.54) is 6.42 Å². The van der Waals surface area contributed by atoms with Gasteiger partial charge in [-0.15, -0.1) is 0 Å². The highest BCUT2D eigenvalue weighted by Gasteiger charge is 2.23. The highest BCUT2D eigenvalue weighted by molar-refractivity contribution is 7.57. The Morgan fingerprint density at radius 2 is 2.12 bits per heavy atom. The first-order valence-electron chi connectivity index (χ1n) is 6.21. The largest absolute Gasteiger partial charge is 0.469 e. The zero-order chi connectivity index (χ0) is 12.1. The number of hydrogen-bond acceptors (Lipinski definition) is 3. The molecule has 1 aromatic heterocycles. The number of hydrogen-bond donors (Lipinski definition) is 1. The van der Waals surface area contributed by atoms with E-state index in [9.17, 15) is 9.46 Å². The van der Waals surface area contributed by atoms with E-state index in [-0.39, 0.29) is 0 Å². The van der Waals surface area contributed by atoms with E-state index >= 15 is 0 Å². The smallest absolute Gasteiger partial charge is 0.214 e. The summed E-state index contributed by atoms with van der Waals surface area (Å²) >= 11 is 0. The number of piperidine rings is 1. The Bertz CT molecular complexity index is 371. The summed E-state index contributed by atoms with van der Waals surface area (Å²) in [5, 5.41) is 0. The van der Waals surface area contributed by atoms with Crippen LogP contribution >= 0.6 is 7.37 Å². The van der Waals surface area contributed by atoms with Gasteiger partial charge in [0.2, 0.25) is 7.37 Å². The fourth-order valence-corrected chi connectivity index (χ4v) is 3.84. The van der Waals surface area contributed by atoms with Gasteiger partial charge in [0.05, 0.1) is 12.5 Å². The van der Waals surface area contributed by atoms with Crippen molar-refractivity contribution in [2.24, 2.45) is 0 Å². The molecule has 5 heteroatoms. The summed E-state index contributed by atoms with van der Waals surface area (Å²) in [5.41, 5.74) is 0. The second kappa shape index (κ2) is 5.85. The van der Waals surface area contributed by atoms with Crippen LogP contribution in [-0.4, -0.2) is 35.3 Å². The molecule has 1 aliphatic rings. The fraction of sp³-hybridized carbons (Fsp3) is 0.667. The van der Waals surface area contributed by atoms with Crippen molar-refractivity contribution in [3.8, 4) is 0 Å². The van der Waals surface area contributed by atoms with Crippen LogP contribution in [-0.2, 0) is 11.0 Å². The van der Waals surface area contributed by atoms with Gasteiger partial charge in [-0.2, -0.15) is 0 Å². The minimum absolute atomic E-state index is 0.316. The van der Waals surface area contributed by atoms with Crippen LogP contribution in [0.15, 0.2) is 22.8 Å². The first kappa shape index (κ1) is 12.9. The molecule has 1 atom stereocenters. The zero-order valence-electron chi connectivity index (χ0n) is 10.0. The van der Waals surface area contributed by atoms with Gasteiger partial charge < -0.3 is 9.31 Å². The van der Waals surface area contributed by atoms with E-state index in [1.54, 1.807) is 6.26 Å². The van der Waals surface area contributed by atoms with Gasteiger partial charge in [-0.25, -0.2) is 0 Å². The summed E-state index contributed by atoms with van der Waals surface area (Å²) < 4.78 is 17.2. The highest BCUT2D eigenvalue weighted by atomic mass is 31.2. The molecule has 96 valence electrons. The molecular formula is C12H20NO3P. The lowest BCUT2D eigenvalue weighted by atomic mass is 10.1. The lowest BCUT2D eigenvalue weighted by Gasteiger charge is -2.28. The molecule has 2 rings (SSSR count). The SMILES string of the molecule is O=P(O)(CCc1ccco1)CN1CCCCC1. The molecule has 0 saturated carbocycles. The Morgan fingerprint density at radius 3 is 2.76 bits per heavy atom. The van der Waals surface area contributed by atoms with E-state index in [4.69, 9.17) is 4.42 Å². The van der Waals surface area contributed by atoms with Gasteiger partial charge in [0.15, 0.2) is 0 Å². The normalized spacial score (nSPS) is 21.2. The average Bonchev–Trinajstić information content (AvgIpc) is 2.80. The quantitative estimate of drug-likeness (QED) is 0.823. The molecule has 1 unspecified atom stereocenters. The third-order valence-corrected chi connectivity index (χ3v) is 4.92. The zero-order valence-corrected chi connectivity index (χ0v) is 10.9. The van der Waals surface area contributed by atoms with Gasteiger partial charge in [-0.1, -0.05) is 6.42 Å². The predicted molar refractivity (Wildman–Crippen MR) is 67.4 cm³/mol. The van der Waals surface area contributed by atoms with Crippen LogP contribution in [0.4, 0.5) is 0 Å². The maximum Gasteiger partial charge on any atom is 0.214 e. The number of aryl methyl sites for hydroxylation is 1. The summed E-state index contributed by atoms with van der Waals surface area (Å²) in [7, 11) is -3.04. The molecule has 0 spiro atoms. The molecule has 2 heterocycles. The Hall–Kier alpha value is -0.570. The molecule has 1 fully saturated rings. The van der Waals surface area contributed by atoms with E-state index in [1.807, 2.05) is 12.1 Å². The van der Waals surface area contributed by atoms with Crippen molar-refractivity contribution in [1.82, 2.24) is 4.90 Å². The van der Waals surface area contributed by atoms with Crippen LogP contribution in [0, 0.1) is 0 Å².